The van der Waals surface area contributed by atoms with Gasteiger partial charge in [0, 0.05) is 61.9 Å². The van der Waals surface area contributed by atoms with Crippen LogP contribution in [0.5, 0.6) is 17.2 Å². The predicted octanol–water partition coefficient (Wildman–Crippen LogP) is 5.80. The number of anilines is 4. The maximum absolute atomic E-state index is 15.4. The van der Waals surface area contributed by atoms with Gasteiger partial charge in [0.25, 0.3) is 0 Å². The topological polar surface area (TPSA) is 125 Å². The number of piperidine rings is 1. The van der Waals surface area contributed by atoms with Gasteiger partial charge in [-0.15, -0.1) is 0 Å². The third-order valence-corrected chi connectivity index (χ3v) is 8.54. The largest absolute Gasteiger partial charge is 0.495 e. The number of aliphatic hydroxyl groups is 1. The monoisotopic (exact) mass is 667 g/mol. The van der Waals surface area contributed by atoms with Crippen molar-refractivity contribution in [3.63, 3.8) is 0 Å². The molecule has 3 N–H and O–H groups in total. The second kappa shape index (κ2) is 13.1. The molecule has 0 unspecified atom stereocenters. The van der Waals surface area contributed by atoms with Crippen LogP contribution in [0.1, 0.15) is 19.3 Å². The Kier molecular flexibility index (Phi) is 8.97. The first-order chi connectivity index (χ1) is 23.0. The molecule has 2 aliphatic rings. The second-order valence-corrected chi connectivity index (χ2v) is 11.7. The van der Waals surface area contributed by atoms with Crippen molar-refractivity contribution in [3.8, 4) is 17.2 Å². The number of aromatic nitrogens is 3. The zero-order valence-corrected chi connectivity index (χ0v) is 25.9. The van der Waals surface area contributed by atoms with Gasteiger partial charge < -0.3 is 35.0 Å². The van der Waals surface area contributed by atoms with Gasteiger partial charge in [-0.05, 0) is 43.2 Å². The fourth-order valence-corrected chi connectivity index (χ4v) is 5.84. The Morgan fingerprint density at radius 3 is 2.52 bits per heavy atom. The molecule has 0 aliphatic carbocycles. The number of carbonyl (C=O) groups is 1. The van der Waals surface area contributed by atoms with Crippen LogP contribution >= 0.6 is 0 Å². The molecular formula is C33H33F4N7O4. The molecule has 0 saturated carbocycles. The quantitative estimate of drug-likeness (QED) is 0.149. The zero-order chi connectivity index (χ0) is 34.1. The Labute approximate surface area is 273 Å². The molecule has 2 saturated heterocycles. The summed E-state index contributed by atoms with van der Waals surface area (Å²) in [6.07, 6.45) is 0.268. The van der Waals surface area contributed by atoms with Gasteiger partial charge in [-0.1, -0.05) is 6.58 Å². The van der Waals surface area contributed by atoms with Gasteiger partial charge in [0.2, 0.25) is 5.91 Å². The van der Waals surface area contributed by atoms with E-state index in [2.05, 4.69) is 32.2 Å². The van der Waals surface area contributed by atoms with Crippen molar-refractivity contribution >= 4 is 39.8 Å². The Hall–Kier alpha value is -5.18. The lowest BCUT2D eigenvalue weighted by molar-refractivity contribution is -0.250. The third-order valence-electron chi connectivity index (χ3n) is 8.54. The van der Waals surface area contributed by atoms with Crippen LogP contribution in [0.15, 0.2) is 67.6 Å². The number of nitrogens with zero attached hydrogens (tertiary/aromatic N) is 5. The Morgan fingerprint density at radius 1 is 1.06 bits per heavy atom. The molecule has 1 amide bonds. The molecule has 11 nitrogen and oxygen atoms in total. The Bertz CT molecular complexity index is 1830. The number of benzene rings is 2. The lowest BCUT2D eigenvalue weighted by atomic mass is 10.0. The molecule has 15 heteroatoms. The second-order valence-electron chi connectivity index (χ2n) is 11.7. The van der Waals surface area contributed by atoms with Gasteiger partial charge in [0.15, 0.2) is 5.60 Å². The van der Waals surface area contributed by atoms with E-state index in [0.717, 1.165) is 12.8 Å². The summed E-state index contributed by atoms with van der Waals surface area (Å²) < 4.78 is 66.6. The van der Waals surface area contributed by atoms with Gasteiger partial charge in [-0.25, -0.2) is 19.3 Å². The molecule has 4 heterocycles. The normalized spacial score (nSPS) is 18.5. The van der Waals surface area contributed by atoms with E-state index in [-0.39, 0.29) is 41.5 Å². The summed E-state index contributed by atoms with van der Waals surface area (Å²) in [5, 5.41) is 17.2. The van der Waals surface area contributed by atoms with Crippen LogP contribution in [0.4, 0.5) is 40.6 Å². The Balaban J connectivity index is 1.16. The molecule has 4 aromatic rings. The smallest absolute Gasteiger partial charge is 0.418 e. The van der Waals surface area contributed by atoms with E-state index in [1.807, 2.05) is 6.07 Å². The molecule has 2 aromatic heterocycles. The van der Waals surface area contributed by atoms with Crippen molar-refractivity contribution in [2.45, 2.75) is 37.1 Å². The van der Waals surface area contributed by atoms with Gasteiger partial charge >= 0.3 is 6.18 Å². The lowest BCUT2D eigenvalue weighted by Gasteiger charge is -2.32. The minimum Gasteiger partial charge on any atom is -0.495 e. The van der Waals surface area contributed by atoms with Crippen molar-refractivity contribution in [3.05, 3.63) is 73.5 Å². The number of likely N-dealkylation sites (tertiary alicyclic amines) is 1. The van der Waals surface area contributed by atoms with Crippen LogP contribution < -0.4 is 25.0 Å². The molecule has 6 rings (SSSR count). The highest BCUT2D eigenvalue weighted by molar-refractivity contribution is 5.95. The van der Waals surface area contributed by atoms with E-state index < -0.39 is 30.6 Å². The average molecular weight is 668 g/mol. The lowest BCUT2D eigenvalue weighted by Crippen LogP contribution is -2.47. The van der Waals surface area contributed by atoms with Gasteiger partial charge in [0.05, 0.1) is 30.5 Å². The molecule has 0 bridgehead atoms. The minimum absolute atomic E-state index is 0.0406. The van der Waals surface area contributed by atoms with Crippen LogP contribution in [0, 0.1) is 5.82 Å². The first-order valence-electron chi connectivity index (χ1n) is 15.2. The SMILES string of the molecule is C=CC(=O)N1CCC(Nc2cc3c(Nc4ccc(Oc5ccnc(N6CC[C@@](O)(C(F)(F)F)C6)c5)cc4F)ncnc3cc2OC)CC1. The highest BCUT2D eigenvalue weighted by atomic mass is 19.4. The van der Waals surface area contributed by atoms with Crippen LogP contribution in [-0.2, 0) is 4.79 Å². The number of hydrogen-bond acceptors (Lipinski definition) is 10. The summed E-state index contributed by atoms with van der Waals surface area (Å²) in [4.78, 5) is 27.9. The summed E-state index contributed by atoms with van der Waals surface area (Å²) in [7, 11) is 1.56. The van der Waals surface area contributed by atoms with Crippen LogP contribution in [0.3, 0.4) is 0 Å². The number of amides is 1. The average Bonchev–Trinajstić information content (AvgIpc) is 3.50. The summed E-state index contributed by atoms with van der Waals surface area (Å²) in [6.45, 7) is 4.06. The standard InChI is InChI=1S/C33H33F4N7O4/c1-3-30(45)43-11-7-20(8-12-43)41-27-16-23-26(17-28(27)47-2)39-19-40-31(23)42-25-5-4-21(14-24(25)34)48-22-6-10-38-29(15-22)44-13-9-32(46,18-44)33(35,36)37/h3-6,10,14-17,19-20,41,46H,1,7-9,11-13,18H2,2H3,(H,39,40,42)/t32-/m0/s1. The number of methoxy groups -OCH3 is 1. The summed E-state index contributed by atoms with van der Waals surface area (Å²) >= 11 is 0. The number of halogens is 4. The summed E-state index contributed by atoms with van der Waals surface area (Å²) in [5.41, 5.74) is -1.43. The highest BCUT2D eigenvalue weighted by Gasteiger charge is 2.57. The molecule has 1 atom stereocenters. The third kappa shape index (κ3) is 6.76. The van der Waals surface area contributed by atoms with Crippen LogP contribution in [-0.4, -0.2) is 82.0 Å². The number of rotatable bonds is 9. The maximum atomic E-state index is 15.4. The van der Waals surface area contributed by atoms with E-state index in [1.165, 1.54) is 53.8 Å². The van der Waals surface area contributed by atoms with Crippen LogP contribution in [0.2, 0.25) is 0 Å². The van der Waals surface area contributed by atoms with Crippen molar-refractivity contribution in [2.24, 2.45) is 0 Å². The first kappa shape index (κ1) is 32.7. The van der Waals surface area contributed by atoms with Gasteiger partial charge in [-0.2, -0.15) is 13.2 Å². The number of fused-ring (bicyclic) bond motifs is 1. The van der Waals surface area contributed by atoms with E-state index in [0.29, 0.717) is 41.2 Å². The van der Waals surface area contributed by atoms with Crippen molar-refractivity contribution in [2.75, 3.05) is 48.8 Å². The minimum atomic E-state index is -4.76. The van der Waals surface area contributed by atoms with Crippen molar-refractivity contribution in [1.29, 1.82) is 0 Å². The molecule has 48 heavy (non-hydrogen) atoms. The summed E-state index contributed by atoms with van der Waals surface area (Å²) in [6, 6.07) is 10.8. The fraction of sp³-hybridized carbons (Fsp3) is 0.333. The van der Waals surface area contributed by atoms with E-state index in [9.17, 15) is 23.1 Å². The maximum Gasteiger partial charge on any atom is 0.418 e. The first-order valence-corrected chi connectivity index (χ1v) is 15.2. The molecular weight excluding hydrogens is 634 g/mol. The Morgan fingerprint density at radius 2 is 1.83 bits per heavy atom. The summed E-state index contributed by atoms with van der Waals surface area (Å²) in [5.74, 6) is 0.769. The molecule has 0 radical (unpaired) electrons. The molecule has 0 spiro atoms. The van der Waals surface area contributed by atoms with E-state index in [4.69, 9.17) is 9.47 Å². The van der Waals surface area contributed by atoms with Gasteiger partial charge in [0.1, 0.15) is 41.0 Å². The molecule has 2 aliphatic heterocycles. The molecule has 2 aromatic carbocycles. The van der Waals surface area contributed by atoms with Crippen molar-refractivity contribution < 1.29 is 36.9 Å². The molecule has 252 valence electrons. The number of β-amino-alcohol motifs (C(OH)–C–C–N with tert-alkyl or cyclic N) is 1. The number of ether oxygens (including phenoxy) is 2. The number of pyridine rings is 1. The van der Waals surface area contributed by atoms with Crippen LogP contribution in [0.25, 0.3) is 10.9 Å². The van der Waals surface area contributed by atoms with Crippen molar-refractivity contribution in [1.82, 2.24) is 19.9 Å². The predicted molar refractivity (Wildman–Crippen MR) is 171 cm³/mol. The molecule has 2 fully saturated rings. The highest BCUT2D eigenvalue weighted by Crippen LogP contribution is 2.40. The fourth-order valence-electron chi connectivity index (χ4n) is 5.84. The number of alkyl halides is 3. The van der Waals surface area contributed by atoms with Gasteiger partial charge in [-0.3, -0.25) is 4.79 Å². The van der Waals surface area contributed by atoms with E-state index >= 15 is 4.39 Å². The van der Waals surface area contributed by atoms with E-state index in [1.54, 1.807) is 18.1 Å². The zero-order valence-electron chi connectivity index (χ0n) is 25.9. The number of hydrogen-bond donors (Lipinski definition) is 3. The number of nitrogens with one attached hydrogen (secondary N) is 2. The number of carbonyl (C=O) groups excluding carboxylic acids is 1.